The third kappa shape index (κ3) is 5.56. The zero-order valence-electron chi connectivity index (χ0n) is 16.0. The van der Waals surface area contributed by atoms with Crippen molar-refractivity contribution in [1.29, 1.82) is 0 Å². The third-order valence-corrected chi connectivity index (χ3v) is 6.72. The molecule has 0 aliphatic carbocycles. The van der Waals surface area contributed by atoms with E-state index in [-0.39, 0.29) is 5.97 Å². The number of hydrogen-bond donors (Lipinski definition) is 0. The first-order chi connectivity index (χ1) is 13.2. The number of thiophene rings is 2. The molecule has 2 aromatic heterocycles. The molecule has 0 amide bonds. The Hall–Kier alpha value is -1.85. The monoisotopic (exact) mass is 402 g/mol. The van der Waals surface area contributed by atoms with Crippen molar-refractivity contribution >= 4 is 38.0 Å². The van der Waals surface area contributed by atoms with Gasteiger partial charge in [0.05, 0.1) is 10.6 Å². The zero-order valence-corrected chi connectivity index (χ0v) is 17.6. The van der Waals surface area contributed by atoms with E-state index in [1.807, 2.05) is 18.2 Å². The molecule has 3 rings (SSSR count). The molecule has 0 fully saturated rings. The Labute approximate surface area is 168 Å². The van der Waals surface area contributed by atoms with Crippen LogP contribution in [0, 0.1) is 0 Å². The highest BCUT2D eigenvalue weighted by Crippen LogP contribution is 2.35. The number of carbonyl (C=O) groups excluding carboxylic acids is 1. The first-order valence-electron chi connectivity index (χ1n) is 9.67. The predicted octanol–water partition coefficient (Wildman–Crippen LogP) is 7.09. The van der Waals surface area contributed by atoms with Gasteiger partial charge in [0.2, 0.25) is 0 Å². The van der Waals surface area contributed by atoms with Gasteiger partial charge in [0.1, 0.15) is 16.4 Å². The van der Waals surface area contributed by atoms with Crippen LogP contribution in [0.25, 0.3) is 9.40 Å². The molecule has 3 nitrogen and oxygen atoms in total. The molecule has 5 heteroatoms. The van der Waals surface area contributed by atoms with E-state index in [1.165, 1.54) is 39.5 Å². The molecule has 0 saturated carbocycles. The number of esters is 1. The van der Waals surface area contributed by atoms with Crippen LogP contribution in [0.15, 0.2) is 36.4 Å². The van der Waals surface area contributed by atoms with Gasteiger partial charge in [0.25, 0.3) is 0 Å². The van der Waals surface area contributed by atoms with Crippen molar-refractivity contribution in [2.24, 2.45) is 0 Å². The van der Waals surface area contributed by atoms with E-state index >= 15 is 0 Å². The molecule has 0 spiro atoms. The van der Waals surface area contributed by atoms with Crippen LogP contribution in [0.4, 0.5) is 0 Å². The molecule has 2 heterocycles. The van der Waals surface area contributed by atoms with Gasteiger partial charge in [-0.3, -0.25) is 0 Å². The molecular formula is C22H26O3S2. The van der Waals surface area contributed by atoms with Crippen LogP contribution in [0.2, 0.25) is 0 Å². The molecule has 0 saturated heterocycles. The second-order valence-corrected chi connectivity index (χ2v) is 9.03. The van der Waals surface area contributed by atoms with Crippen LogP contribution in [-0.4, -0.2) is 12.6 Å². The number of fused-ring (bicyclic) bond motifs is 1. The van der Waals surface area contributed by atoms with Gasteiger partial charge in [-0.2, -0.15) is 0 Å². The fourth-order valence-corrected chi connectivity index (χ4v) is 5.17. The molecule has 1 aromatic carbocycles. The Bertz CT molecular complexity index is 830. The lowest BCUT2D eigenvalue weighted by Crippen LogP contribution is -2.06. The minimum Gasteiger partial charge on any atom is -0.494 e. The number of ether oxygens (including phenoxy) is 2. The van der Waals surface area contributed by atoms with Crippen molar-refractivity contribution in [2.75, 3.05) is 6.61 Å². The molecule has 0 bridgehead atoms. The van der Waals surface area contributed by atoms with Gasteiger partial charge in [0, 0.05) is 10.3 Å². The normalized spacial score (nSPS) is 11.0. The topological polar surface area (TPSA) is 35.5 Å². The highest BCUT2D eigenvalue weighted by atomic mass is 32.2. The number of rotatable bonds is 10. The highest BCUT2D eigenvalue weighted by molar-refractivity contribution is 7.39. The van der Waals surface area contributed by atoms with Crippen LogP contribution >= 0.6 is 22.7 Å². The predicted molar refractivity (Wildman–Crippen MR) is 115 cm³/mol. The minimum absolute atomic E-state index is 0.296. The lowest BCUT2D eigenvalue weighted by atomic mass is 10.2. The van der Waals surface area contributed by atoms with Crippen molar-refractivity contribution in [1.82, 2.24) is 0 Å². The van der Waals surface area contributed by atoms with Gasteiger partial charge in [-0.05, 0) is 55.7 Å². The summed E-state index contributed by atoms with van der Waals surface area (Å²) in [5.74, 6) is 1.05. The average molecular weight is 403 g/mol. The van der Waals surface area contributed by atoms with Crippen molar-refractivity contribution in [3.05, 3.63) is 46.2 Å². The molecule has 0 aliphatic heterocycles. The number of benzene rings is 1. The maximum absolute atomic E-state index is 12.4. The summed E-state index contributed by atoms with van der Waals surface area (Å²) in [6.45, 7) is 5.06. The van der Waals surface area contributed by atoms with Crippen LogP contribution < -0.4 is 9.47 Å². The van der Waals surface area contributed by atoms with Gasteiger partial charge < -0.3 is 9.47 Å². The number of hydrogen-bond acceptors (Lipinski definition) is 5. The minimum atomic E-state index is -0.296. The second kappa shape index (κ2) is 9.90. The summed E-state index contributed by atoms with van der Waals surface area (Å²) < 4.78 is 12.3. The van der Waals surface area contributed by atoms with E-state index in [9.17, 15) is 4.79 Å². The van der Waals surface area contributed by atoms with Gasteiger partial charge in [-0.1, -0.05) is 33.1 Å². The van der Waals surface area contributed by atoms with E-state index in [0.717, 1.165) is 30.4 Å². The molecule has 27 heavy (non-hydrogen) atoms. The molecule has 0 radical (unpaired) electrons. The Morgan fingerprint density at radius 1 is 0.926 bits per heavy atom. The number of carbonyl (C=O) groups is 1. The molecule has 0 atom stereocenters. The number of unbranched alkanes of at least 4 members (excludes halogenated alkanes) is 3. The van der Waals surface area contributed by atoms with Crippen LogP contribution in [0.5, 0.6) is 11.5 Å². The maximum atomic E-state index is 12.4. The molecular weight excluding hydrogens is 376 g/mol. The van der Waals surface area contributed by atoms with Crippen molar-refractivity contribution in [3.63, 3.8) is 0 Å². The van der Waals surface area contributed by atoms with Gasteiger partial charge in [0.15, 0.2) is 0 Å². The Kier molecular flexibility index (Phi) is 7.30. The van der Waals surface area contributed by atoms with Crippen LogP contribution in [0.1, 0.15) is 60.5 Å². The van der Waals surface area contributed by atoms with Gasteiger partial charge in [-0.15, -0.1) is 22.7 Å². The van der Waals surface area contributed by atoms with Crippen molar-refractivity contribution in [3.8, 4) is 11.5 Å². The van der Waals surface area contributed by atoms with Crippen molar-refractivity contribution < 1.29 is 14.3 Å². The Morgan fingerprint density at radius 2 is 1.67 bits per heavy atom. The summed E-state index contributed by atoms with van der Waals surface area (Å²) in [5, 5.41) is 1.16. The molecule has 3 aromatic rings. The fraction of sp³-hybridized carbons (Fsp3) is 0.409. The van der Waals surface area contributed by atoms with E-state index < -0.39 is 0 Å². The lowest BCUT2D eigenvalue weighted by molar-refractivity contribution is 0.0739. The zero-order chi connectivity index (χ0) is 19.1. The van der Waals surface area contributed by atoms with Gasteiger partial charge in [-0.25, -0.2) is 4.79 Å². The summed E-state index contributed by atoms with van der Waals surface area (Å²) in [6.07, 6.45) is 7.01. The SMILES string of the molecule is CCCCCc1cc2cc(C(=O)Oc3ccc(OCCCC)cc3)sc2s1. The molecule has 0 aliphatic rings. The summed E-state index contributed by atoms with van der Waals surface area (Å²) in [4.78, 5) is 14.5. The average Bonchev–Trinajstić information content (AvgIpc) is 3.22. The quantitative estimate of drug-likeness (QED) is 0.206. The Balaban J connectivity index is 1.58. The maximum Gasteiger partial charge on any atom is 0.353 e. The van der Waals surface area contributed by atoms with Crippen LogP contribution in [0.3, 0.4) is 0 Å². The van der Waals surface area contributed by atoms with E-state index in [2.05, 4.69) is 19.9 Å². The van der Waals surface area contributed by atoms with E-state index in [1.54, 1.807) is 23.5 Å². The standard InChI is InChI=1S/C22H26O3S2/c1-3-5-7-8-19-14-16-15-20(27-22(16)26-19)21(23)25-18-11-9-17(10-12-18)24-13-6-4-2/h9-12,14-15H,3-8,13H2,1-2H3. The first kappa shape index (κ1) is 19.9. The first-order valence-corrected chi connectivity index (χ1v) is 11.3. The van der Waals surface area contributed by atoms with E-state index in [4.69, 9.17) is 9.47 Å². The van der Waals surface area contributed by atoms with Crippen LogP contribution in [-0.2, 0) is 6.42 Å². The Morgan fingerprint density at radius 3 is 2.37 bits per heavy atom. The third-order valence-electron chi connectivity index (χ3n) is 4.29. The summed E-state index contributed by atoms with van der Waals surface area (Å²) in [7, 11) is 0. The molecule has 0 unspecified atom stereocenters. The lowest BCUT2D eigenvalue weighted by Gasteiger charge is -2.06. The highest BCUT2D eigenvalue weighted by Gasteiger charge is 2.15. The molecule has 144 valence electrons. The summed E-state index contributed by atoms with van der Waals surface area (Å²) in [6, 6.07) is 11.4. The van der Waals surface area contributed by atoms with Crippen molar-refractivity contribution in [2.45, 2.75) is 52.4 Å². The number of aryl methyl sites for hydroxylation is 1. The van der Waals surface area contributed by atoms with Gasteiger partial charge >= 0.3 is 5.97 Å². The summed E-state index contributed by atoms with van der Waals surface area (Å²) in [5.41, 5.74) is 0. The van der Waals surface area contributed by atoms with E-state index in [0.29, 0.717) is 17.2 Å². The second-order valence-electron chi connectivity index (χ2n) is 6.59. The summed E-state index contributed by atoms with van der Waals surface area (Å²) >= 11 is 3.32. The largest absolute Gasteiger partial charge is 0.494 e. The fourth-order valence-electron chi connectivity index (χ4n) is 2.76. The smallest absolute Gasteiger partial charge is 0.353 e. The molecule has 0 N–H and O–H groups in total.